The maximum Gasteiger partial charge on any atom is 0.222 e. The zero-order chi connectivity index (χ0) is 21.7. The van der Waals surface area contributed by atoms with Gasteiger partial charge in [-0.15, -0.1) is 0 Å². The second kappa shape index (κ2) is 8.10. The van der Waals surface area contributed by atoms with Crippen LogP contribution in [0.4, 0.5) is 0 Å². The van der Waals surface area contributed by atoms with Crippen molar-refractivity contribution in [2.75, 3.05) is 14.1 Å². The van der Waals surface area contributed by atoms with Crippen LogP contribution in [0.5, 0.6) is 0 Å². The molecular weight excluding hydrogens is 370 g/mol. The molecule has 0 saturated heterocycles. The monoisotopic (exact) mass is 413 g/mol. The molecule has 0 spiro atoms. The molecule has 0 aromatic heterocycles. The minimum Gasteiger partial charge on any atom is -0.349 e. The van der Waals surface area contributed by atoms with Gasteiger partial charge in [0.05, 0.1) is 0 Å². The van der Waals surface area contributed by atoms with Crippen LogP contribution in [0.15, 0.2) is 11.6 Å². The molecule has 30 heavy (non-hydrogen) atoms. The second-order valence-electron chi connectivity index (χ2n) is 11.9. The summed E-state index contributed by atoms with van der Waals surface area (Å²) in [5, 5.41) is 0. The van der Waals surface area contributed by atoms with Crippen molar-refractivity contribution in [1.29, 1.82) is 0 Å². The summed E-state index contributed by atoms with van der Waals surface area (Å²) in [5.41, 5.74) is 2.25. The lowest BCUT2D eigenvalue weighted by Crippen LogP contribution is -2.50. The van der Waals surface area contributed by atoms with E-state index >= 15 is 0 Å². The van der Waals surface area contributed by atoms with E-state index in [2.05, 4.69) is 20.8 Å². The first kappa shape index (κ1) is 22.1. The number of nitrogens with zero attached hydrogens (tertiary/aromatic N) is 1. The lowest BCUT2D eigenvalue weighted by Gasteiger charge is -2.58. The van der Waals surface area contributed by atoms with Gasteiger partial charge in [-0.1, -0.05) is 26.3 Å². The van der Waals surface area contributed by atoms with E-state index in [4.69, 9.17) is 0 Å². The second-order valence-corrected chi connectivity index (χ2v) is 11.9. The number of hydrogen-bond donors (Lipinski definition) is 0. The molecule has 0 aliphatic heterocycles. The van der Waals surface area contributed by atoms with Gasteiger partial charge in [0.1, 0.15) is 0 Å². The van der Waals surface area contributed by atoms with Crippen LogP contribution in [0.1, 0.15) is 91.4 Å². The molecule has 0 N–H and O–H groups in total. The molecule has 168 valence electrons. The van der Waals surface area contributed by atoms with Crippen LogP contribution < -0.4 is 0 Å². The lowest BCUT2D eigenvalue weighted by atomic mass is 9.46. The Labute approximate surface area is 184 Å². The largest absolute Gasteiger partial charge is 0.349 e. The van der Waals surface area contributed by atoms with E-state index in [9.17, 15) is 9.59 Å². The Bertz CT molecular complexity index is 724. The summed E-state index contributed by atoms with van der Waals surface area (Å²) in [5.74, 6) is 4.67. The van der Waals surface area contributed by atoms with Gasteiger partial charge in [0.25, 0.3) is 0 Å². The first-order valence-corrected chi connectivity index (χ1v) is 12.6. The van der Waals surface area contributed by atoms with Crippen LogP contribution in [0.25, 0.3) is 0 Å². The third-order valence-electron chi connectivity index (χ3n) is 10.3. The predicted molar refractivity (Wildman–Crippen MR) is 122 cm³/mol. The van der Waals surface area contributed by atoms with Gasteiger partial charge in [-0.25, -0.2) is 0 Å². The first-order chi connectivity index (χ1) is 14.2. The number of carbonyl (C=O) groups excluding carboxylic acids is 2. The summed E-state index contributed by atoms with van der Waals surface area (Å²) in [6.07, 6.45) is 14.7. The van der Waals surface area contributed by atoms with Crippen LogP contribution in [0.3, 0.4) is 0 Å². The molecule has 3 heteroatoms. The third kappa shape index (κ3) is 3.58. The van der Waals surface area contributed by atoms with Crippen molar-refractivity contribution in [1.82, 2.24) is 4.90 Å². The van der Waals surface area contributed by atoms with Crippen molar-refractivity contribution in [2.24, 2.45) is 40.4 Å². The lowest BCUT2D eigenvalue weighted by molar-refractivity contribution is -0.128. The van der Waals surface area contributed by atoms with E-state index in [0.29, 0.717) is 23.5 Å². The molecule has 0 heterocycles. The van der Waals surface area contributed by atoms with Gasteiger partial charge in [0.15, 0.2) is 5.78 Å². The van der Waals surface area contributed by atoms with Crippen molar-refractivity contribution in [3.8, 4) is 0 Å². The van der Waals surface area contributed by atoms with Gasteiger partial charge in [0, 0.05) is 26.9 Å². The van der Waals surface area contributed by atoms with E-state index in [1.807, 2.05) is 20.2 Å². The van der Waals surface area contributed by atoms with Crippen molar-refractivity contribution < 1.29 is 9.59 Å². The van der Waals surface area contributed by atoms with E-state index in [1.54, 1.807) is 4.90 Å². The highest BCUT2D eigenvalue weighted by Gasteiger charge is 2.59. The summed E-state index contributed by atoms with van der Waals surface area (Å²) in [6, 6.07) is 0. The van der Waals surface area contributed by atoms with Crippen LogP contribution in [0.2, 0.25) is 0 Å². The van der Waals surface area contributed by atoms with Crippen LogP contribution in [0, 0.1) is 40.4 Å². The molecule has 3 saturated carbocycles. The number of ketones is 1. The Kier molecular flexibility index (Phi) is 5.96. The van der Waals surface area contributed by atoms with Crippen LogP contribution in [-0.4, -0.2) is 30.7 Å². The molecule has 4 aliphatic rings. The molecule has 4 aliphatic carbocycles. The molecule has 0 aromatic carbocycles. The number of amides is 1. The van der Waals surface area contributed by atoms with E-state index < -0.39 is 0 Å². The maximum atomic E-state index is 12.0. The molecule has 1 amide bonds. The SMILES string of the molecule is C[C@H](CCCC(=O)N(C)C)[C@H]1CC[C@H]2[C@@H]3CCC4=CC(=O)CC[C@]4(C)[C@H]3CC[C@]12C. The number of fused-ring (bicyclic) bond motifs is 5. The summed E-state index contributed by atoms with van der Waals surface area (Å²) < 4.78 is 0. The third-order valence-corrected chi connectivity index (χ3v) is 10.3. The summed E-state index contributed by atoms with van der Waals surface area (Å²) in [6.45, 7) is 7.56. The van der Waals surface area contributed by atoms with Gasteiger partial charge in [0.2, 0.25) is 5.91 Å². The number of carbonyl (C=O) groups is 2. The van der Waals surface area contributed by atoms with Crippen molar-refractivity contribution >= 4 is 11.7 Å². The molecule has 3 nitrogen and oxygen atoms in total. The average molecular weight is 414 g/mol. The minimum atomic E-state index is 0.267. The zero-order valence-electron chi connectivity index (χ0n) is 20.0. The average Bonchev–Trinajstić information content (AvgIpc) is 3.05. The fourth-order valence-corrected chi connectivity index (χ4v) is 8.53. The molecule has 0 unspecified atom stereocenters. The Morgan fingerprint density at radius 2 is 1.87 bits per heavy atom. The minimum absolute atomic E-state index is 0.267. The summed E-state index contributed by atoms with van der Waals surface area (Å²) in [7, 11) is 3.72. The highest BCUT2D eigenvalue weighted by molar-refractivity contribution is 5.91. The molecule has 0 radical (unpaired) electrons. The van der Waals surface area contributed by atoms with Crippen LogP contribution >= 0.6 is 0 Å². The van der Waals surface area contributed by atoms with E-state index in [-0.39, 0.29) is 11.3 Å². The Morgan fingerprint density at radius 1 is 1.10 bits per heavy atom. The standard InChI is InChI=1S/C27H43NO2/c1-18(7-6-8-25(30)28(4)5)22-11-12-23-21-10-9-19-17-20(29)13-15-26(19,2)24(21)14-16-27(22,23)3/h17-18,21-24H,6-16H2,1-5H3/t18-,21+,22-,23+,24+,26+,27-/m1/s1. The van der Waals surface area contributed by atoms with E-state index in [1.165, 1.54) is 44.1 Å². The maximum absolute atomic E-state index is 12.0. The fourth-order valence-electron chi connectivity index (χ4n) is 8.53. The molecule has 3 fully saturated rings. The number of rotatable bonds is 5. The van der Waals surface area contributed by atoms with Crippen LogP contribution in [-0.2, 0) is 9.59 Å². The highest BCUT2D eigenvalue weighted by atomic mass is 16.2. The molecule has 0 bridgehead atoms. The predicted octanol–water partition coefficient (Wildman–Crippen LogP) is 6.03. The Morgan fingerprint density at radius 3 is 2.60 bits per heavy atom. The van der Waals surface area contributed by atoms with E-state index in [0.717, 1.165) is 49.4 Å². The molecular formula is C27H43NO2. The van der Waals surface area contributed by atoms with Crippen molar-refractivity contribution in [3.63, 3.8) is 0 Å². The topological polar surface area (TPSA) is 37.4 Å². The number of hydrogen-bond acceptors (Lipinski definition) is 2. The quantitative estimate of drug-likeness (QED) is 0.552. The van der Waals surface area contributed by atoms with Gasteiger partial charge in [-0.05, 0) is 104 Å². The van der Waals surface area contributed by atoms with Gasteiger partial charge in [-0.3, -0.25) is 9.59 Å². The fraction of sp³-hybridized carbons (Fsp3) is 0.852. The molecule has 7 atom stereocenters. The Hall–Kier alpha value is -1.12. The highest BCUT2D eigenvalue weighted by Crippen LogP contribution is 2.67. The summed E-state index contributed by atoms with van der Waals surface area (Å²) in [4.78, 5) is 25.7. The van der Waals surface area contributed by atoms with Gasteiger partial charge in [-0.2, -0.15) is 0 Å². The molecule has 0 aromatic rings. The first-order valence-electron chi connectivity index (χ1n) is 12.6. The van der Waals surface area contributed by atoms with Crippen molar-refractivity contribution in [2.45, 2.75) is 91.4 Å². The summed E-state index contributed by atoms with van der Waals surface area (Å²) >= 11 is 0. The van der Waals surface area contributed by atoms with Gasteiger partial charge < -0.3 is 4.90 Å². The smallest absolute Gasteiger partial charge is 0.222 e. The number of allylic oxidation sites excluding steroid dienone is 1. The van der Waals surface area contributed by atoms with Gasteiger partial charge >= 0.3 is 0 Å². The van der Waals surface area contributed by atoms with Crippen molar-refractivity contribution in [3.05, 3.63) is 11.6 Å². The Balaban J connectivity index is 1.44. The normalized spacial score (nSPS) is 41.4. The zero-order valence-corrected chi connectivity index (χ0v) is 20.0. The molecule has 4 rings (SSSR count).